The number of ketones is 1. The highest BCUT2D eigenvalue weighted by Crippen LogP contribution is 2.03. The van der Waals surface area contributed by atoms with E-state index in [0.29, 0.717) is 4.32 Å². The number of hydrogen-bond acceptors (Lipinski definition) is 2. The van der Waals surface area contributed by atoms with Gasteiger partial charge in [0.05, 0.1) is 5.54 Å². The van der Waals surface area contributed by atoms with Crippen LogP contribution in [0.15, 0.2) is 0 Å². The Morgan fingerprint density at radius 1 is 1.60 bits per heavy atom. The zero-order valence-corrected chi connectivity index (χ0v) is 7.97. The van der Waals surface area contributed by atoms with E-state index in [0.717, 1.165) is 0 Å². The van der Waals surface area contributed by atoms with E-state index in [1.807, 2.05) is 0 Å². The first kappa shape index (κ1) is 9.91. The molecule has 0 aliphatic heterocycles. The van der Waals surface area contributed by atoms with Gasteiger partial charge in [-0.25, -0.2) is 0 Å². The molecule has 0 amide bonds. The highest BCUT2D eigenvalue weighted by Gasteiger charge is 2.22. The average Bonchev–Trinajstić information content (AvgIpc) is 1.60. The van der Waals surface area contributed by atoms with E-state index >= 15 is 0 Å². The van der Waals surface area contributed by atoms with Crippen molar-refractivity contribution >= 4 is 35.0 Å². The Bertz CT molecular complexity index is 165. The maximum absolute atomic E-state index is 10.8. The van der Waals surface area contributed by atoms with E-state index in [1.54, 1.807) is 13.8 Å². The van der Waals surface area contributed by atoms with E-state index in [-0.39, 0.29) is 5.78 Å². The van der Waals surface area contributed by atoms with Gasteiger partial charge in [0.2, 0.25) is 0 Å². The highest BCUT2D eigenvalue weighted by atomic mass is 32.1. The lowest BCUT2D eigenvalue weighted by atomic mass is 10.0. The molecule has 2 nitrogen and oxygen atoms in total. The highest BCUT2D eigenvalue weighted by molar-refractivity contribution is 8.11. The fourth-order valence-electron chi connectivity index (χ4n) is 0.355. The predicted octanol–water partition coefficient (Wildman–Crippen LogP) is 1.16. The molecule has 4 heteroatoms. The molecule has 0 aliphatic rings. The first-order valence-corrected chi connectivity index (χ1v) is 3.74. The molecule has 0 heterocycles. The van der Waals surface area contributed by atoms with Crippen molar-refractivity contribution in [2.45, 2.75) is 26.3 Å². The normalized spacial score (nSPS) is 10.8. The number of thiocarbonyl (C=S) groups is 1. The molecule has 1 N–H and O–H groups in total. The summed E-state index contributed by atoms with van der Waals surface area (Å²) in [5.41, 5.74) is -0.584. The van der Waals surface area contributed by atoms with Crippen LogP contribution >= 0.6 is 24.8 Å². The van der Waals surface area contributed by atoms with Gasteiger partial charge in [-0.3, -0.25) is 4.79 Å². The van der Waals surface area contributed by atoms with Gasteiger partial charge < -0.3 is 5.32 Å². The van der Waals surface area contributed by atoms with E-state index in [4.69, 9.17) is 0 Å². The minimum Gasteiger partial charge on any atom is -0.359 e. The minimum absolute atomic E-state index is 0.0453. The number of nitrogens with one attached hydrogen (secondary N) is 1. The summed E-state index contributed by atoms with van der Waals surface area (Å²) in [6.45, 7) is 5.04. The molecule has 0 radical (unpaired) electrons. The number of carbonyl (C=O) groups excluding carboxylic acids is 1. The summed E-state index contributed by atoms with van der Waals surface area (Å²) in [6.07, 6.45) is 0. The number of Topliss-reactive ketones (excluding diaryl/α,β-unsaturated/α-hetero) is 1. The van der Waals surface area contributed by atoms with E-state index < -0.39 is 5.54 Å². The second-order valence-corrected chi connectivity index (χ2v) is 3.77. The lowest BCUT2D eigenvalue weighted by Crippen LogP contribution is -2.46. The van der Waals surface area contributed by atoms with E-state index in [2.05, 4.69) is 30.2 Å². The number of carbonyl (C=O) groups is 1. The van der Waals surface area contributed by atoms with Gasteiger partial charge in [-0.1, -0.05) is 12.2 Å². The molecule has 10 heavy (non-hydrogen) atoms. The van der Waals surface area contributed by atoms with Crippen molar-refractivity contribution in [1.29, 1.82) is 0 Å². The predicted molar refractivity (Wildman–Crippen MR) is 49.5 cm³/mol. The van der Waals surface area contributed by atoms with Crippen molar-refractivity contribution in [1.82, 2.24) is 5.32 Å². The summed E-state index contributed by atoms with van der Waals surface area (Å²) in [7, 11) is 0. The van der Waals surface area contributed by atoms with Gasteiger partial charge in [0, 0.05) is 0 Å². The molecule has 0 aromatic rings. The number of thiol groups is 1. The molecule has 0 fully saturated rings. The summed E-state index contributed by atoms with van der Waals surface area (Å²) in [6, 6.07) is 0. The molecule has 0 aromatic heterocycles. The van der Waals surface area contributed by atoms with Crippen molar-refractivity contribution in [2.75, 3.05) is 0 Å². The van der Waals surface area contributed by atoms with Gasteiger partial charge in [0.15, 0.2) is 5.78 Å². The first-order valence-electron chi connectivity index (χ1n) is 2.88. The Labute approximate surface area is 71.8 Å². The third-order valence-electron chi connectivity index (χ3n) is 1.30. The van der Waals surface area contributed by atoms with Crippen molar-refractivity contribution in [2.24, 2.45) is 0 Å². The average molecular weight is 177 g/mol. The van der Waals surface area contributed by atoms with Crippen LogP contribution in [0, 0.1) is 0 Å². The summed E-state index contributed by atoms with van der Waals surface area (Å²) in [5.74, 6) is 0.0453. The minimum atomic E-state index is -0.584. The smallest absolute Gasteiger partial charge is 0.154 e. The molecule has 0 unspecified atom stereocenters. The summed E-state index contributed by atoms with van der Waals surface area (Å²) >= 11 is 8.52. The fraction of sp³-hybridized carbons (Fsp3) is 0.667. The second-order valence-electron chi connectivity index (χ2n) is 2.61. The molecule has 0 atom stereocenters. The van der Waals surface area contributed by atoms with Gasteiger partial charge in [0.25, 0.3) is 0 Å². The van der Waals surface area contributed by atoms with Crippen LogP contribution in [0.3, 0.4) is 0 Å². The van der Waals surface area contributed by atoms with Gasteiger partial charge in [-0.15, -0.1) is 12.6 Å². The van der Waals surface area contributed by atoms with Crippen LogP contribution < -0.4 is 5.32 Å². The Kier molecular flexibility index (Phi) is 3.31. The van der Waals surface area contributed by atoms with Gasteiger partial charge in [-0.05, 0) is 20.8 Å². The molecule has 0 spiro atoms. The van der Waals surface area contributed by atoms with Crippen LogP contribution in [0.5, 0.6) is 0 Å². The zero-order chi connectivity index (χ0) is 8.36. The molecule has 58 valence electrons. The zero-order valence-electron chi connectivity index (χ0n) is 6.26. The second kappa shape index (κ2) is 3.34. The molecule has 0 saturated carbocycles. The van der Waals surface area contributed by atoms with Gasteiger partial charge in [0.1, 0.15) is 4.32 Å². The third kappa shape index (κ3) is 3.17. The molecular formula is C6H11NOS2. The Balaban J connectivity index is 4.13. The molecule has 0 aromatic carbocycles. The number of rotatable bonds is 2. The first-order chi connectivity index (χ1) is 4.36. The molecule has 0 saturated heterocycles. The Morgan fingerprint density at radius 2 is 2.00 bits per heavy atom. The van der Waals surface area contributed by atoms with Crippen LogP contribution in [0.1, 0.15) is 20.8 Å². The molecular weight excluding hydrogens is 166 g/mol. The molecule has 0 rings (SSSR count). The Hall–Kier alpha value is -0.0900. The van der Waals surface area contributed by atoms with Gasteiger partial charge >= 0.3 is 0 Å². The maximum atomic E-state index is 10.8. The van der Waals surface area contributed by atoms with Crippen LogP contribution in [-0.2, 0) is 4.79 Å². The van der Waals surface area contributed by atoms with Crippen LogP contribution in [-0.4, -0.2) is 15.6 Å². The molecule has 0 aliphatic carbocycles. The maximum Gasteiger partial charge on any atom is 0.154 e. The SMILES string of the molecule is CC(=O)C(C)(C)NC(=S)S. The van der Waals surface area contributed by atoms with Crippen molar-refractivity contribution in [3.63, 3.8) is 0 Å². The van der Waals surface area contributed by atoms with E-state index in [1.165, 1.54) is 6.92 Å². The summed E-state index contributed by atoms with van der Waals surface area (Å²) in [4.78, 5) is 10.8. The Morgan fingerprint density at radius 3 is 2.10 bits per heavy atom. The summed E-state index contributed by atoms with van der Waals surface area (Å²) in [5, 5.41) is 2.76. The quantitative estimate of drug-likeness (QED) is 0.490. The van der Waals surface area contributed by atoms with Crippen LogP contribution in [0.4, 0.5) is 0 Å². The van der Waals surface area contributed by atoms with Crippen molar-refractivity contribution < 1.29 is 4.79 Å². The fourth-order valence-corrected chi connectivity index (χ4v) is 0.890. The summed E-state index contributed by atoms with van der Waals surface area (Å²) < 4.78 is 0.347. The lowest BCUT2D eigenvalue weighted by molar-refractivity contribution is -0.121. The van der Waals surface area contributed by atoms with E-state index in [9.17, 15) is 4.79 Å². The van der Waals surface area contributed by atoms with Crippen molar-refractivity contribution in [3.8, 4) is 0 Å². The topological polar surface area (TPSA) is 29.1 Å². The largest absolute Gasteiger partial charge is 0.359 e. The standard InChI is InChI=1S/C6H11NOS2/c1-4(8)6(2,3)7-5(9)10/h1-3H3,(H2,7,9,10). The van der Waals surface area contributed by atoms with Crippen LogP contribution in [0.2, 0.25) is 0 Å². The third-order valence-corrected chi connectivity index (χ3v) is 1.51. The monoisotopic (exact) mass is 177 g/mol. The lowest BCUT2D eigenvalue weighted by Gasteiger charge is -2.22. The van der Waals surface area contributed by atoms with Crippen LogP contribution in [0.25, 0.3) is 0 Å². The molecule has 0 bridgehead atoms. The van der Waals surface area contributed by atoms with Crippen molar-refractivity contribution in [3.05, 3.63) is 0 Å². The number of hydrogen-bond donors (Lipinski definition) is 2. The van der Waals surface area contributed by atoms with Gasteiger partial charge in [-0.2, -0.15) is 0 Å².